The van der Waals surface area contributed by atoms with Crippen molar-refractivity contribution < 1.29 is 0 Å². The minimum absolute atomic E-state index is 0.349. The van der Waals surface area contributed by atoms with Crippen LogP contribution in [0.3, 0.4) is 0 Å². The lowest BCUT2D eigenvalue weighted by Gasteiger charge is -2.21. The Morgan fingerprint density at radius 3 is 2.35 bits per heavy atom. The van der Waals surface area contributed by atoms with Gasteiger partial charge in [0.05, 0.1) is 0 Å². The van der Waals surface area contributed by atoms with Gasteiger partial charge in [-0.2, -0.15) is 0 Å². The van der Waals surface area contributed by atoms with Gasteiger partial charge in [-0.1, -0.05) is 13.8 Å². The molecule has 1 heterocycles. The lowest BCUT2D eigenvalue weighted by atomic mass is 10.2. The van der Waals surface area contributed by atoms with Crippen molar-refractivity contribution in [1.29, 1.82) is 0 Å². The molecule has 0 bridgehead atoms. The van der Waals surface area contributed by atoms with Crippen LogP contribution in [0.2, 0.25) is 0 Å². The monoisotopic (exact) mass is 279 g/mol. The van der Waals surface area contributed by atoms with Crippen molar-refractivity contribution in [2.45, 2.75) is 46.6 Å². The fourth-order valence-electron chi connectivity index (χ4n) is 2.10. The molecule has 5 heteroatoms. The Morgan fingerprint density at radius 2 is 1.80 bits per heavy atom. The Morgan fingerprint density at radius 1 is 1.15 bits per heavy atom. The van der Waals surface area contributed by atoms with Gasteiger partial charge in [0.25, 0.3) is 0 Å². The number of aromatic nitrogens is 2. The molecule has 0 saturated heterocycles. The predicted molar refractivity (Wildman–Crippen MR) is 86.6 cm³/mol. The van der Waals surface area contributed by atoms with E-state index in [2.05, 4.69) is 67.3 Å². The average molecular weight is 279 g/mol. The molecule has 20 heavy (non-hydrogen) atoms. The molecule has 0 aromatic carbocycles. The van der Waals surface area contributed by atoms with Gasteiger partial charge in [-0.15, -0.1) is 0 Å². The van der Waals surface area contributed by atoms with Crippen molar-refractivity contribution >= 4 is 11.6 Å². The van der Waals surface area contributed by atoms with Crippen molar-refractivity contribution in [3.63, 3.8) is 0 Å². The fraction of sp³-hybridized carbons (Fsp3) is 0.733. The van der Waals surface area contributed by atoms with Crippen molar-refractivity contribution in [2.24, 2.45) is 0 Å². The molecule has 114 valence electrons. The molecule has 1 unspecified atom stereocenters. The van der Waals surface area contributed by atoms with Gasteiger partial charge in [-0.25, -0.2) is 9.97 Å². The Balaban J connectivity index is 2.93. The van der Waals surface area contributed by atoms with Crippen LogP contribution in [0.5, 0.6) is 0 Å². The van der Waals surface area contributed by atoms with E-state index in [1.807, 2.05) is 0 Å². The van der Waals surface area contributed by atoms with Gasteiger partial charge in [0.15, 0.2) is 0 Å². The topological polar surface area (TPSA) is 53.1 Å². The van der Waals surface area contributed by atoms with E-state index in [4.69, 9.17) is 0 Å². The largest absolute Gasteiger partial charge is 0.370 e. The molecule has 0 aliphatic carbocycles. The number of aryl methyl sites for hydroxylation is 1. The zero-order chi connectivity index (χ0) is 15.1. The number of rotatable bonds is 8. The maximum Gasteiger partial charge on any atom is 0.135 e. The second kappa shape index (κ2) is 8.04. The van der Waals surface area contributed by atoms with Crippen LogP contribution in [0.4, 0.5) is 11.6 Å². The molecule has 0 aliphatic rings. The number of anilines is 2. The quantitative estimate of drug-likeness (QED) is 0.766. The van der Waals surface area contributed by atoms with Crippen molar-refractivity contribution in [3.05, 3.63) is 11.4 Å². The fourth-order valence-corrected chi connectivity index (χ4v) is 2.10. The molecule has 1 aromatic rings. The summed E-state index contributed by atoms with van der Waals surface area (Å²) in [6.07, 6.45) is 1.93. The van der Waals surface area contributed by atoms with E-state index >= 15 is 0 Å². The van der Waals surface area contributed by atoms with Gasteiger partial charge in [-0.3, -0.25) is 0 Å². The molecule has 0 fully saturated rings. The van der Waals surface area contributed by atoms with Gasteiger partial charge in [0.1, 0.15) is 17.5 Å². The van der Waals surface area contributed by atoms with Crippen molar-refractivity contribution in [3.8, 4) is 0 Å². The minimum atomic E-state index is 0.349. The Hall–Kier alpha value is -1.36. The predicted octanol–water partition coefficient (Wildman–Crippen LogP) is 2.53. The zero-order valence-electron chi connectivity index (χ0n) is 13.7. The summed E-state index contributed by atoms with van der Waals surface area (Å²) in [5.41, 5.74) is 1.10. The highest BCUT2D eigenvalue weighted by atomic mass is 15.1. The highest BCUT2D eigenvalue weighted by molar-refractivity contribution is 5.57. The summed E-state index contributed by atoms with van der Waals surface area (Å²) >= 11 is 0. The van der Waals surface area contributed by atoms with Gasteiger partial charge < -0.3 is 15.5 Å². The first-order valence-electron chi connectivity index (χ1n) is 7.50. The first-order chi connectivity index (χ1) is 9.47. The van der Waals surface area contributed by atoms with Crippen LogP contribution >= 0.6 is 0 Å². The van der Waals surface area contributed by atoms with Crippen LogP contribution in [-0.2, 0) is 6.42 Å². The highest BCUT2D eigenvalue weighted by Crippen LogP contribution is 2.21. The maximum atomic E-state index is 4.63. The second-order valence-corrected chi connectivity index (χ2v) is 5.55. The molecule has 0 aliphatic heterocycles. The summed E-state index contributed by atoms with van der Waals surface area (Å²) in [6.45, 7) is 10.4. The lowest BCUT2D eigenvalue weighted by Crippen LogP contribution is -2.30. The third kappa shape index (κ3) is 4.96. The molecule has 1 rings (SSSR count). The van der Waals surface area contributed by atoms with Gasteiger partial charge in [0, 0.05) is 31.1 Å². The number of nitrogens with one attached hydrogen (secondary N) is 2. The third-order valence-corrected chi connectivity index (χ3v) is 3.07. The van der Waals surface area contributed by atoms with E-state index in [1.165, 1.54) is 0 Å². The summed E-state index contributed by atoms with van der Waals surface area (Å²) in [5.74, 6) is 2.79. The summed E-state index contributed by atoms with van der Waals surface area (Å²) < 4.78 is 0. The molecule has 5 nitrogen and oxygen atoms in total. The molecule has 1 aromatic heterocycles. The first-order valence-corrected chi connectivity index (χ1v) is 7.50. The number of hydrogen-bond donors (Lipinski definition) is 2. The van der Waals surface area contributed by atoms with E-state index in [0.717, 1.165) is 49.0 Å². The third-order valence-electron chi connectivity index (χ3n) is 3.07. The molecule has 0 saturated carbocycles. The summed E-state index contributed by atoms with van der Waals surface area (Å²) in [7, 11) is 4.16. The van der Waals surface area contributed by atoms with E-state index in [9.17, 15) is 0 Å². The van der Waals surface area contributed by atoms with Crippen molar-refractivity contribution in [2.75, 3.05) is 37.8 Å². The van der Waals surface area contributed by atoms with Crippen LogP contribution in [0.15, 0.2) is 0 Å². The van der Waals surface area contributed by atoms with Crippen LogP contribution in [0, 0.1) is 6.92 Å². The molecule has 0 spiro atoms. The zero-order valence-corrected chi connectivity index (χ0v) is 13.7. The minimum Gasteiger partial charge on any atom is -0.370 e. The molecule has 0 amide bonds. The van der Waals surface area contributed by atoms with E-state index in [-0.39, 0.29) is 0 Å². The lowest BCUT2D eigenvalue weighted by molar-refractivity contribution is 0.392. The SMILES string of the molecule is CCCNc1nc(CC)nc(NC(C)CN(C)C)c1C. The van der Waals surface area contributed by atoms with Gasteiger partial charge in [0.2, 0.25) is 0 Å². The van der Waals surface area contributed by atoms with Gasteiger partial charge in [-0.05, 0) is 34.4 Å². The Kier molecular flexibility index (Phi) is 6.71. The van der Waals surface area contributed by atoms with E-state index in [1.54, 1.807) is 0 Å². The summed E-state index contributed by atoms with van der Waals surface area (Å²) in [6, 6.07) is 0.349. The molecule has 2 N–H and O–H groups in total. The standard InChI is InChI=1S/C15H29N5/c1-7-9-16-14-12(4)15(19-13(8-2)18-14)17-11(3)10-20(5)6/h11H,7-10H2,1-6H3,(H2,16,17,18,19). The summed E-state index contributed by atoms with van der Waals surface area (Å²) in [5, 5.41) is 6.89. The van der Waals surface area contributed by atoms with Gasteiger partial charge >= 0.3 is 0 Å². The number of likely N-dealkylation sites (N-methyl/N-ethyl adjacent to an activating group) is 1. The van der Waals surface area contributed by atoms with Crippen LogP contribution in [0.1, 0.15) is 38.6 Å². The smallest absolute Gasteiger partial charge is 0.135 e. The molecular formula is C15H29N5. The van der Waals surface area contributed by atoms with Crippen LogP contribution < -0.4 is 10.6 Å². The molecular weight excluding hydrogens is 250 g/mol. The molecule has 1 atom stereocenters. The van der Waals surface area contributed by atoms with E-state index in [0.29, 0.717) is 6.04 Å². The van der Waals surface area contributed by atoms with Crippen LogP contribution in [-0.4, -0.2) is 48.1 Å². The Labute approximate surface area is 123 Å². The van der Waals surface area contributed by atoms with E-state index < -0.39 is 0 Å². The second-order valence-electron chi connectivity index (χ2n) is 5.55. The average Bonchev–Trinajstić information content (AvgIpc) is 2.38. The number of nitrogens with zero attached hydrogens (tertiary/aromatic N) is 3. The summed E-state index contributed by atoms with van der Waals surface area (Å²) in [4.78, 5) is 11.4. The first kappa shape index (κ1) is 16.7. The molecule has 0 radical (unpaired) electrons. The number of hydrogen-bond acceptors (Lipinski definition) is 5. The highest BCUT2D eigenvalue weighted by Gasteiger charge is 2.12. The van der Waals surface area contributed by atoms with Crippen LogP contribution in [0.25, 0.3) is 0 Å². The Bertz CT molecular complexity index is 417. The maximum absolute atomic E-state index is 4.63. The van der Waals surface area contributed by atoms with Crippen molar-refractivity contribution in [1.82, 2.24) is 14.9 Å². The normalized spacial score (nSPS) is 12.6.